The van der Waals surface area contributed by atoms with Crippen LogP contribution in [-0.4, -0.2) is 55.5 Å². The second kappa shape index (κ2) is 10.2. The van der Waals surface area contributed by atoms with E-state index in [-0.39, 0.29) is 18.2 Å². The number of amides is 3. The molecule has 3 heterocycles. The number of nitrogen functional groups attached to an aromatic ring is 1. The number of carbonyl (C=O) groups is 2. The fourth-order valence-electron chi connectivity index (χ4n) is 4.61. The zero-order chi connectivity index (χ0) is 27.7. The smallest absolute Gasteiger partial charge is 0.410 e. The highest BCUT2D eigenvalue weighted by molar-refractivity contribution is 6.01. The van der Waals surface area contributed by atoms with Crippen molar-refractivity contribution in [2.75, 3.05) is 29.5 Å². The van der Waals surface area contributed by atoms with Gasteiger partial charge in [0.25, 0.3) is 0 Å². The van der Waals surface area contributed by atoms with Gasteiger partial charge in [-0.15, -0.1) is 0 Å². The number of nitrogens with one attached hydrogen (secondary N) is 2. The lowest BCUT2D eigenvalue weighted by molar-refractivity contribution is 0.0288. The summed E-state index contributed by atoms with van der Waals surface area (Å²) in [6, 6.07) is 14.5. The summed E-state index contributed by atoms with van der Waals surface area (Å²) in [5.41, 5.74) is 10.1. The number of aryl methyl sites for hydroxylation is 1. The molecule has 3 amide bonds. The Hall–Kier alpha value is -4.67. The molecule has 11 heteroatoms. The largest absolute Gasteiger partial charge is 0.444 e. The van der Waals surface area contributed by atoms with Crippen LogP contribution >= 0.6 is 0 Å². The number of aromatic nitrogens is 4. The Labute approximate surface area is 226 Å². The van der Waals surface area contributed by atoms with Crippen molar-refractivity contribution in [3.8, 4) is 11.3 Å². The third-order valence-corrected chi connectivity index (χ3v) is 6.37. The average molecular weight is 529 g/mol. The van der Waals surface area contributed by atoms with E-state index >= 15 is 0 Å². The molecule has 0 aliphatic carbocycles. The first-order chi connectivity index (χ1) is 18.6. The van der Waals surface area contributed by atoms with Crippen LogP contribution in [0, 0.1) is 6.92 Å². The minimum atomic E-state index is -0.565. The van der Waals surface area contributed by atoms with Crippen LogP contribution in [0.2, 0.25) is 0 Å². The van der Waals surface area contributed by atoms with Crippen LogP contribution in [0.15, 0.2) is 54.9 Å². The van der Waals surface area contributed by atoms with E-state index in [2.05, 4.69) is 20.6 Å². The molecule has 2 aromatic carbocycles. The van der Waals surface area contributed by atoms with Crippen LogP contribution in [0.25, 0.3) is 22.3 Å². The molecule has 1 aliphatic rings. The number of anilines is 3. The second-order valence-corrected chi connectivity index (χ2v) is 10.6. The van der Waals surface area contributed by atoms with Crippen LogP contribution in [0.1, 0.15) is 38.8 Å². The molecule has 202 valence electrons. The summed E-state index contributed by atoms with van der Waals surface area (Å²) in [4.78, 5) is 35.4. The molecule has 4 N–H and O–H groups in total. The number of carbonyl (C=O) groups excluding carboxylic acids is 2. The van der Waals surface area contributed by atoms with Crippen LogP contribution in [0.4, 0.5) is 26.8 Å². The molecule has 1 atom stereocenters. The van der Waals surface area contributed by atoms with Crippen molar-refractivity contribution in [1.29, 1.82) is 0 Å². The maximum atomic E-state index is 12.6. The molecule has 39 heavy (non-hydrogen) atoms. The molecule has 1 fully saturated rings. The number of hydrogen-bond acceptors (Lipinski definition) is 7. The fourth-order valence-corrected chi connectivity index (χ4v) is 4.61. The maximum Gasteiger partial charge on any atom is 0.410 e. The Morgan fingerprint density at radius 2 is 1.79 bits per heavy atom. The first kappa shape index (κ1) is 26.0. The van der Waals surface area contributed by atoms with Crippen molar-refractivity contribution in [2.24, 2.45) is 0 Å². The number of ether oxygens (including phenoxy) is 1. The highest BCUT2D eigenvalue weighted by Gasteiger charge is 2.33. The van der Waals surface area contributed by atoms with E-state index in [1.165, 1.54) is 6.33 Å². The molecule has 11 nitrogen and oxygen atoms in total. The first-order valence-electron chi connectivity index (χ1n) is 12.8. The number of fused-ring (bicyclic) bond motifs is 1. The summed E-state index contributed by atoms with van der Waals surface area (Å²) in [6.07, 6.45) is 1.78. The predicted octanol–water partition coefficient (Wildman–Crippen LogP) is 5.21. The molecule has 5 rings (SSSR count). The van der Waals surface area contributed by atoms with E-state index < -0.39 is 5.60 Å². The number of nitrogens with zero attached hydrogens (tertiary/aromatic N) is 5. The summed E-state index contributed by atoms with van der Waals surface area (Å²) in [7, 11) is 0. The highest BCUT2D eigenvalue weighted by atomic mass is 16.6. The van der Waals surface area contributed by atoms with Gasteiger partial charge in [0, 0.05) is 30.0 Å². The predicted molar refractivity (Wildman–Crippen MR) is 150 cm³/mol. The molecular weight excluding hydrogens is 496 g/mol. The summed E-state index contributed by atoms with van der Waals surface area (Å²) in [6.45, 7) is 8.53. The van der Waals surface area contributed by atoms with Crippen molar-refractivity contribution in [3.05, 3.63) is 60.4 Å². The van der Waals surface area contributed by atoms with Gasteiger partial charge in [0.1, 0.15) is 23.4 Å². The zero-order valence-electron chi connectivity index (χ0n) is 22.4. The number of urea groups is 1. The van der Waals surface area contributed by atoms with E-state index in [0.717, 1.165) is 11.1 Å². The lowest BCUT2D eigenvalue weighted by Gasteiger charge is -2.24. The topological polar surface area (TPSA) is 140 Å². The Morgan fingerprint density at radius 3 is 2.51 bits per heavy atom. The molecule has 0 spiro atoms. The lowest BCUT2D eigenvalue weighted by atomic mass is 10.1. The van der Waals surface area contributed by atoms with Crippen molar-refractivity contribution >= 4 is 40.4 Å². The fraction of sp³-hybridized carbons (Fsp3) is 0.321. The number of nitrogens with two attached hydrogens (primary N) is 1. The number of likely N-dealkylation sites (tertiary alicyclic amines) is 1. The third kappa shape index (κ3) is 5.77. The van der Waals surface area contributed by atoms with E-state index in [1.54, 1.807) is 17.0 Å². The van der Waals surface area contributed by atoms with Crippen LogP contribution in [0.3, 0.4) is 0 Å². The van der Waals surface area contributed by atoms with Gasteiger partial charge in [0.2, 0.25) is 0 Å². The summed E-state index contributed by atoms with van der Waals surface area (Å²) < 4.78 is 7.37. The quantitative estimate of drug-likeness (QED) is 0.330. The van der Waals surface area contributed by atoms with E-state index in [4.69, 9.17) is 15.6 Å². The van der Waals surface area contributed by atoms with Crippen molar-refractivity contribution in [2.45, 2.75) is 45.8 Å². The average Bonchev–Trinajstić information content (AvgIpc) is 3.50. The van der Waals surface area contributed by atoms with Crippen molar-refractivity contribution in [3.63, 3.8) is 0 Å². The molecule has 1 saturated heterocycles. The zero-order valence-corrected chi connectivity index (χ0v) is 22.4. The van der Waals surface area contributed by atoms with Gasteiger partial charge >= 0.3 is 12.1 Å². The van der Waals surface area contributed by atoms with Gasteiger partial charge in [0.05, 0.1) is 11.4 Å². The van der Waals surface area contributed by atoms with Gasteiger partial charge < -0.3 is 26.0 Å². The second-order valence-electron chi connectivity index (χ2n) is 10.6. The van der Waals surface area contributed by atoms with Crippen molar-refractivity contribution in [1.82, 2.24) is 24.6 Å². The monoisotopic (exact) mass is 528 g/mol. The van der Waals surface area contributed by atoms with Crippen LogP contribution in [0.5, 0.6) is 0 Å². The highest BCUT2D eigenvalue weighted by Crippen LogP contribution is 2.34. The number of benzene rings is 2. The van der Waals surface area contributed by atoms with Gasteiger partial charge in [-0.3, -0.25) is 0 Å². The summed E-state index contributed by atoms with van der Waals surface area (Å²) in [5, 5.41) is 11.2. The van der Waals surface area contributed by atoms with Gasteiger partial charge in [-0.2, -0.15) is 5.10 Å². The normalized spacial score (nSPS) is 15.4. The minimum absolute atomic E-state index is 0.0886. The minimum Gasteiger partial charge on any atom is -0.444 e. The number of rotatable bonds is 4. The first-order valence-corrected chi connectivity index (χ1v) is 12.8. The van der Waals surface area contributed by atoms with Gasteiger partial charge in [0.15, 0.2) is 5.65 Å². The van der Waals surface area contributed by atoms with Gasteiger partial charge in [-0.25, -0.2) is 24.2 Å². The summed E-state index contributed by atoms with van der Waals surface area (Å²) in [5.74, 6) is 0.322. The third-order valence-electron chi connectivity index (χ3n) is 6.37. The van der Waals surface area contributed by atoms with Crippen molar-refractivity contribution < 1.29 is 14.3 Å². The summed E-state index contributed by atoms with van der Waals surface area (Å²) >= 11 is 0. The molecule has 0 bridgehead atoms. The molecular formula is C28H32N8O3. The van der Waals surface area contributed by atoms with E-state index in [9.17, 15) is 9.59 Å². The van der Waals surface area contributed by atoms with E-state index in [0.29, 0.717) is 53.4 Å². The van der Waals surface area contributed by atoms with E-state index in [1.807, 2.05) is 68.8 Å². The Morgan fingerprint density at radius 1 is 1.05 bits per heavy atom. The van der Waals surface area contributed by atoms with Gasteiger partial charge in [-0.1, -0.05) is 24.3 Å². The lowest BCUT2D eigenvalue weighted by Crippen LogP contribution is -2.35. The molecule has 0 saturated carbocycles. The Bertz CT molecular complexity index is 1520. The van der Waals surface area contributed by atoms with Gasteiger partial charge in [-0.05, 0) is 63.9 Å². The molecule has 4 aromatic rings. The molecule has 2 aromatic heterocycles. The number of hydrogen-bond donors (Lipinski definition) is 3. The Kier molecular flexibility index (Phi) is 6.81. The maximum absolute atomic E-state index is 12.6. The van der Waals surface area contributed by atoms with Crippen LogP contribution < -0.4 is 16.4 Å². The van der Waals surface area contributed by atoms with Crippen LogP contribution in [-0.2, 0) is 4.74 Å². The standard InChI is InChI=1S/C28H32N8O3/c1-17-6-5-7-20(14-17)33-26(37)32-19-10-8-18(9-11-19)23-22-24(29)30-16-31-25(22)36(34-23)21-12-13-35(15-21)27(38)39-28(2,3)4/h5-11,14,16,21H,12-13,15H2,1-4H3,(H2,29,30,31)(H2,32,33,37)/t21-/m0/s1. The molecule has 1 aliphatic heterocycles. The SMILES string of the molecule is Cc1cccc(NC(=O)Nc2ccc(-c3nn([C@H]4CCN(C(=O)OC(C)(C)C)C4)c4ncnc(N)c34)cc2)c1. The molecule has 0 unspecified atom stereocenters. The Balaban J connectivity index is 1.36. The molecule has 0 radical (unpaired) electrons.